The van der Waals surface area contributed by atoms with Gasteiger partial charge in [-0.3, -0.25) is 4.90 Å². The molecule has 1 saturated carbocycles. The van der Waals surface area contributed by atoms with Gasteiger partial charge in [-0.15, -0.1) is 10.2 Å². The van der Waals surface area contributed by atoms with Crippen LogP contribution in [0.2, 0.25) is 0 Å². The lowest BCUT2D eigenvalue weighted by molar-refractivity contribution is -0.138. The highest BCUT2D eigenvalue weighted by Gasteiger charge is 2.36. The zero-order valence-electron chi connectivity index (χ0n) is 9.65. The Morgan fingerprint density at radius 1 is 1.33 bits per heavy atom. The highest BCUT2D eigenvalue weighted by Crippen LogP contribution is 2.32. The predicted octanol–water partition coefficient (Wildman–Crippen LogP) is 1.90. The molecular weight excluding hydrogens is 267 g/mol. The Kier molecular flexibility index (Phi) is 4.18. The molecule has 8 heteroatoms. The third-order valence-electron chi connectivity index (χ3n) is 3.03. The first kappa shape index (κ1) is 13.7. The van der Waals surface area contributed by atoms with Gasteiger partial charge in [-0.2, -0.15) is 13.2 Å². The summed E-state index contributed by atoms with van der Waals surface area (Å²) in [6.07, 6.45) is -1.22. The van der Waals surface area contributed by atoms with Crippen molar-refractivity contribution in [1.29, 1.82) is 0 Å². The minimum Gasteiger partial charge on any atom is -0.395 e. The van der Waals surface area contributed by atoms with E-state index in [0.717, 1.165) is 19.3 Å². The average Bonchev–Trinajstić information content (AvgIpc) is 2.63. The number of rotatable bonds is 5. The van der Waals surface area contributed by atoms with Crippen LogP contribution < -0.4 is 0 Å². The van der Waals surface area contributed by atoms with Crippen LogP contribution in [0.25, 0.3) is 0 Å². The first-order valence-electron chi connectivity index (χ1n) is 5.75. The molecule has 1 fully saturated rings. The van der Waals surface area contributed by atoms with Crippen molar-refractivity contribution in [1.82, 2.24) is 15.1 Å². The highest BCUT2D eigenvalue weighted by atomic mass is 32.1. The average molecular weight is 281 g/mol. The van der Waals surface area contributed by atoms with E-state index in [0.29, 0.717) is 35.5 Å². The van der Waals surface area contributed by atoms with Gasteiger partial charge in [0.2, 0.25) is 5.01 Å². The molecule has 0 unspecified atom stereocenters. The van der Waals surface area contributed by atoms with Crippen molar-refractivity contribution in [2.75, 3.05) is 13.2 Å². The lowest BCUT2D eigenvalue weighted by atomic mass is 9.91. The quantitative estimate of drug-likeness (QED) is 0.895. The van der Waals surface area contributed by atoms with Crippen molar-refractivity contribution in [3.63, 3.8) is 0 Å². The Morgan fingerprint density at radius 3 is 2.50 bits per heavy atom. The maximum atomic E-state index is 12.4. The highest BCUT2D eigenvalue weighted by molar-refractivity contribution is 7.11. The molecule has 102 valence electrons. The molecule has 4 nitrogen and oxygen atoms in total. The number of alkyl halides is 3. The van der Waals surface area contributed by atoms with E-state index >= 15 is 0 Å². The third-order valence-corrected chi connectivity index (χ3v) is 3.98. The molecule has 0 spiro atoms. The molecule has 1 N–H and O–H groups in total. The number of aliphatic hydroxyl groups is 1. The van der Waals surface area contributed by atoms with Crippen LogP contribution in [0.15, 0.2) is 0 Å². The van der Waals surface area contributed by atoms with Crippen molar-refractivity contribution >= 4 is 11.3 Å². The van der Waals surface area contributed by atoms with Gasteiger partial charge in [-0.25, -0.2) is 0 Å². The van der Waals surface area contributed by atoms with Crippen molar-refractivity contribution in [3.8, 4) is 0 Å². The van der Waals surface area contributed by atoms with Gasteiger partial charge >= 0.3 is 6.18 Å². The first-order chi connectivity index (χ1) is 8.50. The third kappa shape index (κ3) is 3.18. The van der Waals surface area contributed by atoms with E-state index in [-0.39, 0.29) is 6.61 Å². The summed E-state index contributed by atoms with van der Waals surface area (Å²) >= 11 is 0.575. The number of halogens is 3. The molecule has 0 amide bonds. The maximum absolute atomic E-state index is 12.4. The van der Waals surface area contributed by atoms with Crippen LogP contribution in [0.1, 0.15) is 29.3 Å². The van der Waals surface area contributed by atoms with E-state index in [2.05, 4.69) is 10.2 Å². The standard InChI is InChI=1S/C10H14F3N3OS/c11-10(12,13)9-15-14-8(18-9)6-16(4-5-17)7-2-1-3-7/h7,17H,1-6H2. The van der Waals surface area contributed by atoms with Gasteiger partial charge in [-0.1, -0.05) is 17.8 Å². The molecule has 1 aromatic rings. The minimum absolute atomic E-state index is 0.00142. The van der Waals surface area contributed by atoms with Crippen LogP contribution in [0, 0.1) is 0 Å². The number of aliphatic hydroxyl groups excluding tert-OH is 1. The summed E-state index contributed by atoms with van der Waals surface area (Å²) in [6, 6.07) is 0.357. The summed E-state index contributed by atoms with van der Waals surface area (Å²) in [6.45, 7) is 0.798. The van der Waals surface area contributed by atoms with Crippen LogP contribution >= 0.6 is 11.3 Å². The topological polar surface area (TPSA) is 49.2 Å². The molecule has 1 aliphatic carbocycles. The van der Waals surface area contributed by atoms with Crippen molar-refractivity contribution in [2.45, 2.75) is 38.0 Å². The number of hydrogen-bond donors (Lipinski definition) is 1. The molecule has 0 aliphatic heterocycles. The second-order valence-corrected chi connectivity index (χ2v) is 5.34. The lowest BCUT2D eigenvalue weighted by Crippen LogP contribution is -2.41. The zero-order chi connectivity index (χ0) is 13.2. The van der Waals surface area contributed by atoms with Crippen molar-refractivity contribution < 1.29 is 18.3 Å². The zero-order valence-corrected chi connectivity index (χ0v) is 10.5. The Balaban J connectivity index is 2.00. The minimum atomic E-state index is -4.42. The summed E-state index contributed by atoms with van der Waals surface area (Å²) in [5.74, 6) is 0. The molecule has 1 heterocycles. The number of aromatic nitrogens is 2. The van der Waals surface area contributed by atoms with Crippen molar-refractivity contribution in [2.24, 2.45) is 0 Å². The van der Waals surface area contributed by atoms with Gasteiger partial charge in [0.15, 0.2) is 0 Å². The van der Waals surface area contributed by atoms with Gasteiger partial charge in [0.1, 0.15) is 5.01 Å². The van der Waals surface area contributed by atoms with Gasteiger partial charge < -0.3 is 5.11 Å². The first-order valence-corrected chi connectivity index (χ1v) is 6.57. The Bertz CT molecular complexity index is 392. The largest absolute Gasteiger partial charge is 0.445 e. The monoisotopic (exact) mass is 281 g/mol. The van der Waals surface area contributed by atoms with Crippen LogP contribution in [-0.4, -0.2) is 39.4 Å². The summed E-state index contributed by atoms with van der Waals surface area (Å²) < 4.78 is 37.1. The normalized spacial score (nSPS) is 17.2. The smallest absolute Gasteiger partial charge is 0.395 e. The Labute approximate surface area is 106 Å². The van der Waals surface area contributed by atoms with E-state index in [1.54, 1.807) is 0 Å². The van der Waals surface area contributed by atoms with E-state index in [1.165, 1.54) is 0 Å². The Morgan fingerprint density at radius 2 is 2.06 bits per heavy atom. The van der Waals surface area contributed by atoms with Crippen LogP contribution in [0.3, 0.4) is 0 Å². The molecule has 0 atom stereocenters. The molecule has 1 aliphatic rings. The van der Waals surface area contributed by atoms with Gasteiger partial charge in [0.25, 0.3) is 0 Å². The second kappa shape index (κ2) is 5.50. The van der Waals surface area contributed by atoms with Crippen LogP contribution in [0.4, 0.5) is 13.2 Å². The molecule has 0 radical (unpaired) electrons. The molecule has 18 heavy (non-hydrogen) atoms. The van der Waals surface area contributed by atoms with Gasteiger partial charge in [0, 0.05) is 12.6 Å². The van der Waals surface area contributed by atoms with E-state index in [9.17, 15) is 13.2 Å². The molecule has 1 aromatic heterocycles. The van der Waals surface area contributed by atoms with Crippen molar-refractivity contribution in [3.05, 3.63) is 10.0 Å². The van der Waals surface area contributed by atoms with E-state index < -0.39 is 11.2 Å². The van der Waals surface area contributed by atoms with Gasteiger partial charge in [0.05, 0.1) is 13.2 Å². The second-order valence-electron chi connectivity index (χ2n) is 4.28. The molecule has 0 saturated heterocycles. The van der Waals surface area contributed by atoms with Crippen LogP contribution in [-0.2, 0) is 12.7 Å². The summed E-state index contributed by atoms with van der Waals surface area (Å²) in [5, 5.41) is 15.1. The molecule has 0 aromatic carbocycles. The Hall–Kier alpha value is -0.730. The summed E-state index contributed by atoms with van der Waals surface area (Å²) in [4.78, 5) is 1.98. The molecule has 2 rings (SSSR count). The maximum Gasteiger partial charge on any atom is 0.445 e. The molecule has 0 bridgehead atoms. The van der Waals surface area contributed by atoms with Crippen LogP contribution in [0.5, 0.6) is 0 Å². The van der Waals surface area contributed by atoms with E-state index in [4.69, 9.17) is 5.11 Å². The van der Waals surface area contributed by atoms with E-state index in [1.807, 2.05) is 4.90 Å². The summed E-state index contributed by atoms with van der Waals surface area (Å²) in [7, 11) is 0. The number of nitrogens with zero attached hydrogens (tertiary/aromatic N) is 3. The fourth-order valence-electron chi connectivity index (χ4n) is 1.88. The fraction of sp³-hybridized carbons (Fsp3) is 0.800. The predicted molar refractivity (Wildman–Crippen MR) is 60.0 cm³/mol. The fourth-order valence-corrected chi connectivity index (χ4v) is 2.61. The summed E-state index contributed by atoms with van der Waals surface area (Å²) in [5.41, 5.74) is 0. The van der Waals surface area contributed by atoms with Gasteiger partial charge in [-0.05, 0) is 12.8 Å². The lowest BCUT2D eigenvalue weighted by Gasteiger charge is -2.36. The SMILES string of the molecule is OCCN(Cc1nnc(C(F)(F)F)s1)C1CCC1. The molecular formula is C10H14F3N3OS. The number of hydrogen-bond acceptors (Lipinski definition) is 5.